The fraction of sp³-hybridized carbons (Fsp3) is 0.600. The number of aryl methyl sites for hydroxylation is 1. The van der Waals surface area contributed by atoms with Gasteiger partial charge in [-0.25, -0.2) is 4.79 Å². The summed E-state index contributed by atoms with van der Waals surface area (Å²) in [4.78, 5) is 40.4. The number of benzene rings is 1. The van der Waals surface area contributed by atoms with Gasteiger partial charge >= 0.3 is 5.97 Å². The van der Waals surface area contributed by atoms with Gasteiger partial charge in [-0.05, 0) is 87.5 Å². The zero-order valence-electron chi connectivity index (χ0n) is 23.2. The number of rotatable bonds is 7. The van der Waals surface area contributed by atoms with Crippen molar-refractivity contribution in [1.29, 1.82) is 0 Å². The normalized spacial score (nSPS) is 19.6. The molecule has 1 atom stereocenters. The van der Waals surface area contributed by atoms with Crippen LogP contribution < -0.4 is 5.32 Å². The minimum Gasteiger partial charge on any atom is -0.462 e. The van der Waals surface area contributed by atoms with E-state index in [0.717, 1.165) is 56.5 Å². The number of hydrogen-bond donors (Lipinski definition) is 1. The minimum absolute atomic E-state index is 0.00718. The Labute approximate surface area is 230 Å². The molecule has 3 aliphatic rings. The molecular formula is C30H40N4O5. The average molecular weight is 537 g/mol. The van der Waals surface area contributed by atoms with Gasteiger partial charge in [0.1, 0.15) is 5.69 Å². The number of nitrogens with zero attached hydrogens (tertiary/aromatic N) is 3. The molecule has 1 spiro atoms. The molecule has 2 amide bonds. The van der Waals surface area contributed by atoms with Crippen molar-refractivity contribution in [2.75, 3.05) is 39.5 Å². The molecule has 4 heterocycles. The van der Waals surface area contributed by atoms with Gasteiger partial charge < -0.3 is 19.7 Å². The Balaban J connectivity index is 1.22. The standard InChI is InChI=1S/C30H40N4O5/c1-3-34-26-24(18-30(20-31-27(26)35)11-15-38-16-12-30)25(32-34)17-21(2)19-39-29(37)23-9-7-22(8-10-23)28(36)33-13-5-4-6-14-33/h7-10,21H,3-6,11-20H2,1-2H3,(H,31,35). The Morgan fingerprint density at radius 2 is 1.79 bits per heavy atom. The van der Waals surface area contributed by atoms with Crippen molar-refractivity contribution in [3.63, 3.8) is 0 Å². The number of carbonyl (C=O) groups excluding carboxylic acids is 3. The fourth-order valence-electron chi connectivity index (χ4n) is 6.05. The van der Waals surface area contributed by atoms with Crippen LogP contribution in [-0.4, -0.2) is 71.9 Å². The Morgan fingerprint density at radius 3 is 2.49 bits per heavy atom. The summed E-state index contributed by atoms with van der Waals surface area (Å²) in [7, 11) is 0. The van der Waals surface area contributed by atoms with E-state index in [4.69, 9.17) is 14.6 Å². The predicted molar refractivity (Wildman–Crippen MR) is 146 cm³/mol. The molecule has 1 N–H and O–H groups in total. The first kappa shape index (κ1) is 27.4. The third-order valence-corrected chi connectivity index (χ3v) is 8.43. The summed E-state index contributed by atoms with van der Waals surface area (Å²) in [5.41, 5.74) is 3.63. The molecule has 2 saturated heterocycles. The van der Waals surface area contributed by atoms with Crippen LogP contribution in [0.2, 0.25) is 0 Å². The van der Waals surface area contributed by atoms with Crippen LogP contribution in [0.4, 0.5) is 0 Å². The number of piperidine rings is 1. The Hall–Kier alpha value is -3.20. The molecule has 1 aromatic carbocycles. The van der Waals surface area contributed by atoms with Crippen LogP contribution in [0.5, 0.6) is 0 Å². The molecule has 9 heteroatoms. The van der Waals surface area contributed by atoms with Gasteiger partial charge in [-0.1, -0.05) is 6.92 Å². The van der Waals surface area contributed by atoms with Crippen LogP contribution in [0.15, 0.2) is 24.3 Å². The van der Waals surface area contributed by atoms with Crippen molar-refractivity contribution < 1.29 is 23.9 Å². The predicted octanol–water partition coefficient (Wildman–Crippen LogP) is 3.65. The number of nitrogens with one attached hydrogen (secondary N) is 1. The number of amides is 2. The monoisotopic (exact) mass is 536 g/mol. The van der Waals surface area contributed by atoms with E-state index in [0.29, 0.717) is 49.5 Å². The number of esters is 1. The highest BCUT2D eigenvalue weighted by Gasteiger charge is 2.39. The first-order valence-electron chi connectivity index (χ1n) is 14.4. The number of fused-ring (bicyclic) bond motifs is 1. The molecule has 0 saturated carbocycles. The molecular weight excluding hydrogens is 496 g/mol. The quantitative estimate of drug-likeness (QED) is 0.542. The van der Waals surface area contributed by atoms with Gasteiger partial charge in [0, 0.05) is 50.5 Å². The van der Waals surface area contributed by atoms with Gasteiger partial charge in [0.15, 0.2) is 0 Å². The molecule has 39 heavy (non-hydrogen) atoms. The Bertz CT molecular complexity index is 1190. The van der Waals surface area contributed by atoms with Crippen LogP contribution in [-0.2, 0) is 28.9 Å². The zero-order chi connectivity index (χ0) is 27.4. The Kier molecular flexibility index (Phi) is 8.35. The molecule has 5 rings (SSSR count). The van der Waals surface area contributed by atoms with Crippen LogP contribution in [0.1, 0.15) is 88.4 Å². The molecule has 1 unspecified atom stereocenters. The zero-order valence-corrected chi connectivity index (χ0v) is 23.2. The Morgan fingerprint density at radius 1 is 1.10 bits per heavy atom. The van der Waals surface area contributed by atoms with Crippen molar-refractivity contribution in [3.05, 3.63) is 52.3 Å². The maximum atomic E-state index is 13.0. The first-order valence-corrected chi connectivity index (χ1v) is 14.4. The van der Waals surface area contributed by atoms with Crippen molar-refractivity contribution in [3.8, 4) is 0 Å². The lowest BCUT2D eigenvalue weighted by Gasteiger charge is -2.36. The third-order valence-electron chi connectivity index (χ3n) is 8.43. The molecule has 9 nitrogen and oxygen atoms in total. The van der Waals surface area contributed by atoms with Gasteiger partial charge in [-0.15, -0.1) is 0 Å². The van der Waals surface area contributed by atoms with Gasteiger partial charge in [-0.3, -0.25) is 14.3 Å². The molecule has 0 radical (unpaired) electrons. The molecule has 1 aromatic heterocycles. The lowest BCUT2D eigenvalue weighted by molar-refractivity contribution is 0.0160. The number of aromatic nitrogens is 2. The van der Waals surface area contributed by atoms with E-state index < -0.39 is 5.97 Å². The third kappa shape index (κ3) is 6.03. The maximum absolute atomic E-state index is 13.0. The van der Waals surface area contributed by atoms with Crippen molar-refractivity contribution in [1.82, 2.24) is 20.0 Å². The van der Waals surface area contributed by atoms with Crippen LogP contribution in [0.3, 0.4) is 0 Å². The SMILES string of the molecule is CCn1nc(CC(C)COC(=O)c2ccc(C(=O)N3CCCCC3)cc2)c2c1C(=O)NCC1(CCOCC1)C2. The smallest absolute Gasteiger partial charge is 0.338 e. The highest BCUT2D eigenvalue weighted by atomic mass is 16.5. The van der Waals surface area contributed by atoms with Crippen molar-refractivity contribution in [2.45, 2.75) is 65.3 Å². The summed E-state index contributed by atoms with van der Waals surface area (Å²) in [5, 5.41) is 7.96. The second kappa shape index (κ2) is 11.9. The maximum Gasteiger partial charge on any atom is 0.338 e. The van der Waals surface area contributed by atoms with Crippen molar-refractivity contribution in [2.24, 2.45) is 11.3 Å². The number of ether oxygens (including phenoxy) is 2. The molecule has 2 fully saturated rings. The summed E-state index contributed by atoms with van der Waals surface area (Å²) < 4.78 is 13.1. The van der Waals surface area contributed by atoms with Crippen molar-refractivity contribution >= 4 is 17.8 Å². The van der Waals surface area contributed by atoms with Gasteiger partial charge in [0.05, 0.1) is 17.9 Å². The highest BCUT2D eigenvalue weighted by Crippen LogP contribution is 2.38. The summed E-state index contributed by atoms with van der Waals surface area (Å²) in [6, 6.07) is 6.75. The summed E-state index contributed by atoms with van der Waals surface area (Å²) >= 11 is 0. The van der Waals surface area contributed by atoms with Gasteiger partial charge in [0.25, 0.3) is 11.8 Å². The lowest BCUT2D eigenvalue weighted by atomic mass is 9.75. The summed E-state index contributed by atoms with van der Waals surface area (Å²) in [6.45, 7) is 8.55. The van der Waals surface area contributed by atoms with Crippen LogP contribution in [0.25, 0.3) is 0 Å². The van der Waals surface area contributed by atoms with E-state index in [2.05, 4.69) is 5.32 Å². The van der Waals surface area contributed by atoms with E-state index in [9.17, 15) is 14.4 Å². The van der Waals surface area contributed by atoms with Gasteiger partial charge in [0.2, 0.25) is 0 Å². The summed E-state index contributed by atoms with van der Waals surface area (Å²) in [5.74, 6) is -0.423. The van der Waals surface area contributed by atoms with Gasteiger partial charge in [-0.2, -0.15) is 5.10 Å². The topological polar surface area (TPSA) is 103 Å². The summed E-state index contributed by atoms with van der Waals surface area (Å²) in [6.07, 6.45) is 6.50. The number of hydrogen-bond acceptors (Lipinski definition) is 6. The molecule has 0 aliphatic carbocycles. The molecule has 210 valence electrons. The second-order valence-corrected chi connectivity index (χ2v) is 11.4. The number of carbonyl (C=O) groups is 3. The largest absolute Gasteiger partial charge is 0.462 e. The molecule has 0 bridgehead atoms. The average Bonchev–Trinajstić information content (AvgIpc) is 3.24. The van der Waals surface area contributed by atoms with E-state index >= 15 is 0 Å². The molecule has 3 aliphatic heterocycles. The molecule has 2 aromatic rings. The van der Waals surface area contributed by atoms with E-state index in [-0.39, 0.29) is 29.8 Å². The van der Waals surface area contributed by atoms with Crippen LogP contribution >= 0.6 is 0 Å². The lowest BCUT2D eigenvalue weighted by Crippen LogP contribution is -2.40. The minimum atomic E-state index is -0.405. The first-order chi connectivity index (χ1) is 18.9. The highest BCUT2D eigenvalue weighted by molar-refractivity contribution is 5.96. The van der Waals surface area contributed by atoms with E-state index in [1.54, 1.807) is 24.3 Å². The fourth-order valence-corrected chi connectivity index (χ4v) is 6.05. The number of likely N-dealkylation sites (tertiary alicyclic amines) is 1. The van der Waals surface area contributed by atoms with Crippen LogP contribution in [0, 0.1) is 11.3 Å². The van der Waals surface area contributed by atoms with E-state index in [1.165, 1.54) is 6.42 Å². The second-order valence-electron chi connectivity index (χ2n) is 11.4. The van der Waals surface area contributed by atoms with E-state index in [1.807, 2.05) is 23.4 Å².